The summed E-state index contributed by atoms with van der Waals surface area (Å²) in [6.45, 7) is 0.598. The molecule has 0 atom stereocenters. The number of imidazole rings is 1. The van der Waals surface area contributed by atoms with Gasteiger partial charge in [0.1, 0.15) is 22.5 Å². The highest BCUT2D eigenvalue weighted by Gasteiger charge is 2.25. The molecule has 0 saturated heterocycles. The van der Waals surface area contributed by atoms with Gasteiger partial charge in [-0.2, -0.15) is 5.26 Å². The Bertz CT molecular complexity index is 1030. The molecule has 0 N–H and O–H groups in total. The second kappa shape index (κ2) is 5.35. The van der Waals surface area contributed by atoms with Crippen LogP contribution in [0.15, 0.2) is 35.6 Å². The lowest BCUT2D eigenvalue weighted by atomic mass is 10.1. The van der Waals surface area contributed by atoms with E-state index in [0.29, 0.717) is 22.8 Å². The van der Waals surface area contributed by atoms with E-state index in [4.69, 9.17) is 0 Å². The number of rotatable bonds is 2. The Morgan fingerprint density at radius 1 is 1.38 bits per heavy atom. The molecule has 1 aromatic carbocycles. The van der Waals surface area contributed by atoms with Crippen molar-refractivity contribution in [3.05, 3.63) is 47.3 Å². The molecule has 2 aromatic heterocycles. The summed E-state index contributed by atoms with van der Waals surface area (Å²) in [7, 11) is 1.79. The summed E-state index contributed by atoms with van der Waals surface area (Å²) in [5.41, 5.74) is 3.71. The second-order valence-corrected chi connectivity index (χ2v) is 6.38. The van der Waals surface area contributed by atoms with Crippen LogP contribution in [0.2, 0.25) is 0 Å². The van der Waals surface area contributed by atoms with Gasteiger partial charge in [-0.15, -0.1) is 11.8 Å². The van der Waals surface area contributed by atoms with Gasteiger partial charge < -0.3 is 4.90 Å². The molecule has 0 aliphatic carbocycles. The molecular formula is C17H13N5OS. The summed E-state index contributed by atoms with van der Waals surface area (Å²) in [5, 5.41) is 10.1. The average Bonchev–Trinajstić information content (AvgIpc) is 3.18. The van der Waals surface area contributed by atoms with Crippen molar-refractivity contribution < 1.29 is 4.79 Å². The topological polar surface area (TPSA) is 74.3 Å². The third-order valence-corrected chi connectivity index (χ3v) is 4.85. The van der Waals surface area contributed by atoms with Gasteiger partial charge in [-0.25, -0.2) is 9.97 Å². The first-order valence-corrected chi connectivity index (χ1v) is 8.56. The van der Waals surface area contributed by atoms with Gasteiger partial charge in [-0.1, -0.05) is 6.07 Å². The average molecular weight is 335 g/mol. The SMILES string of the molecule is CSc1nc(-c2ccc3c(c2)CN(C)C3=O)n2ccnc2c1C#N. The Balaban J connectivity index is 1.96. The zero-order valence-corrected chi connectivity index (χ0v) is 14.0. The number of hydrogen-bond acceptors (Lipinski definition) is 5. The van der Waals surface area contributed by atoms with E-state index in [-0.39, 0.29) is 5.91 Å². The van der Waals surface area contributed by atoms with Crippen LogP contribution in [-0.2, 0) is 6.54 Å². The summed E-state index contributed by atoms with van der Waals surface area (Å²) in [6, 6.07) is 7.93. The van der Waals surface area contributed by atoms with E-state index in [2.05, 4.69) is 16.0 Å². The minimum Gasteiger partial charge on any atom is -0.337 e. The summed E-state index contributed by atoms with van der Waals surface area (Å²) in [6.07, 6.45) is 5.35. The van der Waals surface area contributed by atoms with Crippen molar-refractivity contribution in [1.29, 1.82) is 5.26 Å². The maximum absolute atomic E-state index is 12.1. The van der Waals surface area contributed by atoms with Crippen LogP contribution in [0.25, 0.3) is 17.0 Å². The molecular weight excluding hydrogens is 322 g/mol. The van der Waals surface area contributed by atoms with Crippen LogP contribution in [0.1, 0.15) is 21.5 Å². The number of thioether (sulfide) groups is 1. The maximum Gasteiger partial charge on any atom is 0.254 e. The first kappa shape index (κ1) is 14.7. The fourth-order valence-electron chi connectivity index (χ4n) is 3.02. The van der Waals surface area contributed by atoms with Crippen molar-refractivity contribution in [3.63, 3.8) is 0 Å². The first-order chi connectivity index (χ1) is 11.6. The van der Waals surface area contributed by atoms with E-state index in [1.165, 1.54) is 11.8 Å². The number of hydrogen-bond donors (Lipinski definition) is 0. The Labute approximate surface area is 142 Å². The van der Waals surface area contributed by atoms with Gasteiger partial charge in [0.2, 0.25) is 0 Å². The number of aromatic nitrogens is 3. The molecule has 0 fully saturated rings. The smallest absolute Gasteiger partial charge is 0.254 e. The zero-order valence-electron chi connectivity index (χ0n) is 13.1. The first-order valence-electron chi connectivity index (χ1n) is 7.34. The lowest BCUT2D eigenvalue weighted by Gasteiger charge is -2.10. The fourth-order valence-corrected chi connectivity index (χ4v) is 3.53. The summed E-state index contributed by atoms with van der Waals surface area (Å²) in [5.74, 6) is 0.762. The van der Waals surface area contributed by atoms with Crippen LogP contribution in [-0.4, -0.2) is 38.5 Å². The lowest BCUT2D eigenvalue weighted by molar-refractivity contribution is 0.0816. The van der Waals surface area contributed by atoms with Crippen LogP contribution in [0.5, 0.6) is 0 Å². The molecule has 3 heterocycles. The minimum absolute atomic E-state index is 0.0434. The van der Waals surface area contributed by atoms with E-state index < -0.39 is 0 Å². The largest absolute Gasteiger partial charge is 0.337 e. The van der Waals surface area contributed by atoms with Crippen molar-refractivity contribution in [3.8, 4) is 17.5 Å². The Morgan fingerprint density at radius 2 is 2.21 bits per heavy atom. The number of carbonyl (C=O) groups excluding carboxylic acids is 1. The highest BCUT2D eigenvalue weighted by molar-refractivity contribution is 7.98. The van der Waals surface area contributed by atoms with Crippen molar-refractivity contribution in [2.75, 3.05) is 13.3 Å². The summed E-state index contributed by atoms with van der Waals surface area (Å²) in [4.78, 5) is 22.7. The van der Waals surface area contributed by atoms with Crippen molar-refractivity contribution in [2.45, 2.75) is 11.6 Å². The molecule has 3 aromatic rings. The molecule has 1 aliphatic rings. The van der Waals surface area contributed by atoms with E-state index in [1.54, 1.807) is 24.3 Å². The third kappa shape index (κ3) is 2.00. The van der Waals surface area contributed by atoms with E-state index in [1.807, 2.05) is 28.9 Å². The minimum atomic E-state index is 0.0434. The predicted octanol–water partition coefficient (Wildman–Crippen LogP) is 2.58. The molecule has 0 radical (unpaired) electrons. The van der Waals surface area contributed by atoms with E-state index >= 15 is 0 Å². The van der Waals surface area contributed by atoms with E-state index in [0.717, 1.165) is 22.5 Å². The van der Waals surface area contributed by atoms with Crippen molar-refractivity contribution in [2.24, 2.45) is 0 Å². The van der Waals surface area contributed by atoms with E-state index in [9.17, 15) is 10.1 Å². The highest BCUT2D eigenvalue weighted by Crippen LogP contribution is 2.30. The lowest BCUT2D eigenvalue weighted by Crippen LogP contribution is -2.17. The molecule has 0 unspecified atom stereocenters. The fraction of sp³-hybridized carbons (Fsp3) is 0.176. The molecule has 7 heteroatoms. The number of nitriles is 1. The van der Waals surface area contributed by atoms with Gasteiger partial charge in [0.05, 0.1) is 0 Å². The van der Waals surface area contributed by atoms with Gasteiger partial charge in [-0.3, -0.25) is 9.20 Å². The molecule has 24 heavy (non-hydrogen) atoms. The number of amides is 1. The highest BCUT2D eigenvalue weighted by atomic mass is 32.2. The normalized spacial score (nSPS) is 13.4. The van der Waals surface area contributed by atoms with Crippen LogP contribution < -0.4 is 0 Å². The molecule has 0 saturated carbocycles. The van der Waals surface area contributed by atoms with Crippen LogP contribution >= 0.6 is 11.8 Å². The number of carbonyl (C=O) groups is 1. The zero-order chi connectivity index (χ0) is 16.8. The monoisotopic (exact) mass is 335 g/mol. The number of nitrogens with zero attached hydrogens (tertiary/aromatic N) is 5. The molecule has 0 spiro atoms. The number of benzene rings is 1. The van der Waals surface area contributed by atoms with Gasteiger partial charge in [-0.05, 0) is 24.0 Å². The van der Waals surface area contributed by atoms with Crippen molar-refractivity contribution >= 4 is 23.3 Å². The molecule has 1 aliphatic heterocycles. The second-order valence-electron chi connectivity index (χ2n) is 5.59. The quantitative estimate of drug-likeness (QED) is 0.531. The predicted molar refractivity (Wildman–Crippen MR) is 90.7 cm³/mol. The summed E-state index contributed by atoms with van der Waals surface area (Å²) >= 11 is 1.42. The molecule has 0 bridgehead atoms. The van der Waals surface area contributed by atoms with Gasteiger partial charge in [0.25, 0.3) is 5.91 Å². The van der Waals surface area contributed by atoms with Crippen LogP contribution in [0.4, 0.5) is 0 Å². The Kier molecular flexibility index (Phi) is 3.28. The van der Waals surface area contributed by atoms with Gasteiger partial charge in [0, 0.05) is 37.1 Å². The van der Waals surface area contributed by atoms with Gasteiger partial charge in [0.15, 0.2) is 5.65 Å². The molecule has 1 amide bonds. The van der Waals surface area contributed by atoms with Crippen molar-refractivity contribution in [1.82, 2.24) is 19.3 Å². The molecule has 4 rings (SSSR count). The molecule has 6 nitrogen and oxygen atoms in total. The molecule has 118 valence electrons. The standard InChI is InChI=1S/C17H13N5OS/c1-21-9-11-7-10(3-4-12(11)17(21)23)14-20-16(24-2)13(8-18)15-19-5-6-22(14)15/h3-7H,9H2,1-2H3. The van der Waals surface area contributed by atoms with Crippen LogP contribution in [0, 0.1) is 11.3 Å². The van der Waals surface area contributed by atoms with Crippen LogP contribution in [0.3, 0.4) is 0 Å². The third-order valence-electron chi connectivity index (χ3n) is 4.17. The Morgan fingerprint density at radius 3 is 2.96 bits per heavy atom. The Hall–Kier alpha value is -2.85. The summed E-state index contributed by atoms with van der Waals surface area (Å²) < 4.78 is 1.82. The van der Waals surface area contributed by atoms with Gasteiger partial charge >= 0.3 is 0 Å². The number of fused-ring (bicyclic) bond motifs is 2. The maximum atomic E-state index is 12.1.